The summed E-state index contributed by atoms with van der Waals surface area (Å²) >= 11 is 0. The topological polar surface area (TPSA) is 75.4 Å². The van der Waals surface area contributed by atoms with Crippen LogP contribution in [0.3, 0.4) is 0 Å². The van der Waals surface area contributed by atoms with Gasteiger partial charge in [0.2, 0.25) is 11.8 Å². The molecule has 0 aromatic carbocycles. The molecule has 21 heavy (non-hydrogen) atoms. The molecule has 0 spiro atoms. The van der Waals surface area contributed by atoms with E-state index in [2.05, 4.69) is 5.32 Å². The Hall–Kier alpha value is -0.810. The normalized spacial score (nSPS) is 24.3. The van der Waals surface area contributed by atoms with Crippen molar-refractivity contribution in [3.8, 4) is 0 Å². The SMILES string of the molecule is CC(NC(=O)CC1CCCCC1)C(=O)N1CC[C@@H](N)C1.Cl. The molecule has 5 nitrogen and oxygen atoms in total. The summed E-state index contributed by atoms with van der Waals surface area (Å²) in [6, 6.07) is -0.347. The van der Waals surface area contributed by atoms with Gasteiger partial charge < -0.3 is 16.0 Å². The molecule has 2 aliphatic rings. The zero-order valence-corrected chi connectivity index (χ0v) is 13.7. The lowest BCUT2D eigenvalue weighted by molar-refractivity contribution is -0.135. The highest BCUT2D eigenvalue weighted by Crippen LogP contribution is 2.26. The summed E-state index contributed by atoms with van der Waals surface area (Å²) in [6.07, 6.45) is 7.48. The van der Waals surface area contributed by atoms with Gasteiger partial charge in [-0.1, -0.05) is 19.3 Å². The molecule has 0 aromatic rings. The molecular formula is C15H28ClN3O2. The van der Waals surface area contributed by atoms with Crippen LogP contribution in [0, 0.1) is 5.92 Å². The lowest BCUT2D eigenvalue weighted by Crippen LogP contribution is -2.47. The van der Waals surface area contributed by atoms with Crippen molar-refractivity contribution in [2.75, 3.05) is 13.1 Å². The smallest absolute Gasteiger partial charge is 0.244 e. The van der Waals surface area contributed by atoms with Crippen molar-refractivity contribution in [3.63, 3.8) is 0 Å². The Bertz CT molecular complexity index is 359. The van der Waals surface area contributed by atoms with E-state index in [1.807, 2.05) is 0 Å². The van der Waals surface area contributed by atoms with E-state index in [0.29, 0.717) is 25.4 Å². The van der Waals surface area contributed by atoms with Crippen LogP contribution in [-0.2, 0) is 9.59 Å². The maximum Gasteiger partial charge on any atom is 0.244 e. The van der Waals surface area contributed by atoms with Crippen molar-refractivity contribution in [2.45, 2.75) is 64.0 Å². The first-order valence-electron chi connectivity index (χ1n) is 7.90. The molecule has 6 heteroatoms. The monoisotopic (exact) mass is 317 g/mol. The van der Waals surface area contributed by atoms with E-state index in [-0.39, 0.29) is 30.3 Å². The van der Waals surface area contributed by atoms with Gasteiger partial charge in [-0.3, -0.25) is 9.59 Å². The Balaban J connectivity index is 0.00000220. The third-order valence-corrected chi connectivity index (χ3v) is 4.48. The number of rotatable bonds is 4. The minimum Gasteiger partial charge on any atom is -0.345 e. The maximum absolute atomic E-state index is 12.2. The molecule has 1 saturated carbocycles. The van der Waals surface area contributed by atoms with Gasteiger partial charge in [0.05, 0.1) is 0 Å². The van der Waals surface area contributed by atoms with Crippen LogP contribution in [0.15, 0.2) is 0 Å². The standard InChI is InChI=1S/C15H27N3O2.ClH/c1-11(15(20)18-8-7-13(16)10-18)17-14(19)9-12-5-3-2-4-6-12;/h11-13H,2-10,16H2,1H3,(H,17,19);1H/t11?,13-;/m1./s1. The van der Waals surface area contributed by atoms with Gasteiger partial charge in [-0.25, -0.2) is 0 Å². The molecule has 0 aromatic heterocycles. The van der Waals surface area contributed by atoms with Crippen LogP contribution >= 0.6 is 12.4 Å². The summed E-state index contributed by atoms with van der Waals surface area (Å²) < 4.78 is 0. The van der Waals surface area contributed by atoms with E-state index in [9.17, 15) is 9.59 Å². The minimum atomic E-state index is -0.434. The predicted molar refractivity (Wildman–Crippen MR) is 85.2 cm³/mol. The van der Waals surface area contributed by atoms with Gasteiger partial charge in [-0.15, -0.1) is 12.4 Å². The predicted octanol–water partition coefficient (Wildman–Crippen LogP) is 1.44. The largest absolute Gasteiger partial charge is 0.345 e. The second kappa shape index (κ2) is 8.59. The Labute approximate surface area is 133 Å². The van der Waals surface area contributed by atoms with Crippen LogP contribution in [0.4, 0.5) is 0 Å². The zero-order chi connectivity index (χ0) is 14.5. The highest BCUT2D eigenvalue weighted by molar-refractivity contribution is 5.87. The number of carbonyl (C=O) groups is 2. The molecule has 2 atom stereocenters. The molecule has 2 rings (SSSR count). The van der Waals surface area contributed by atoms with Crippen LogP contribution in [0.5, 0.6) is 0 Å². The fraction of sp³-hybridized carbons (Fsp3) is 0.867. The quantitative estimate of drug-likeness (QED) is 0.824. The molecule has 1 saturated heterocycles. The first kappa shape index (κ1) is 18.2. The molecule has 122 valence electrons. The highest BCUT2D eigenvalue weighted by atomic mass is 35.5. The number of halogens is 1. The van der Waals surface area contributed by atoms with Gasteiger partial charge in [0.25, 0.3) is 0 Å². The Morgan fingerprint density at radius 1 is 1.24 bits per heavy atom. The number of carbonyl (C=O) groups excluding carboxylic acids is 2. The van der Waals surface area contributed by atoms with E-state index < -0.39 is 6.04 Å². The first-order valence-corrected chi connectivity index (χ1v) is 7.90. The zero-order valence-electron chi connectivity index (χ0n) is 12.8. The van der Waals surface area contributed by atoms with E-state index in [1.54, 1.807) is 11.8 Å². The van der Waals surface area contributed by atoms with Crippen molar-refractivity contribution in [2.24, 2.45) is 11.7 Å². The van der Waals surface area contributed by atoms with Crippen molar-refractivity contribution < 1.29 is 9.59 Å². The lowest BCUT2D eigenvalue weighted by Gasteiger charge is -2.24. The van der Waals surface area contributed by atoms with Crippen molar-refractivity contribution >= 4 is 24.2 Å². The summed E-state index contributed by atoms with van der Waals surface area (Å²) in [7, 11) is 0. The van der Waals surface area contributed by atoms with Crippen LogP contribution in [0.1, 0.15) is 51.9 Å². The Morgan fingerprint density at radius 2 is 1.90 bits per heavy atom. The summed E-state index contributed by atoms with van der Waals surface area (Å²) in [6.45, 7) is 3.09. The number of nitrogens with one attached hydrogen (secondary N) is 1. The number of nitrogens with zero attached hydrogens (tertiary/aromatic N) is 1. The molecular weight excluding hydrogens is 290 g/mol. The van der Waals surface area contributed by atoms with Gasteiger partial charge in [-0.2, -0.15) is 0 Å². The number of amides is 2. The van der Waals surface area contributed by atoms with Gasteiger partial charge in [0.1, 0.15) is 6.04 Å². The number of hydrogen-bond acceptors (Lipinski definition) is 3. The third-order valence-electron chi connectivity index (χ3n) is 4.48. The molecule has 1 aliphatic carbocycles. The van der Waals surface area contributed by atoms with Gasteiger partial charge >= 0.3 is 0 Å². The Morgan fingerprint density at radius 3 is 2.48 bits per heavy atom. The van der Waals surface area contributed by atoms with Gasteiger partial charge in [0, 0.05) is 25.6 Å². The first-order chi connectivity index (χ1) is 9.56. The van der Waals surface area contributed by atoms with Crippen LogP contribution in [0.25, 0.3) is 0 Å². The second-order valence-corrected chi connectivity index (χ2v) is 6.33. The van der Waals surface area contributed by atoms with Crippen molar-refractivity contribution in [1.82, 2.24) is 10.2 Å². The highest BCUT2D eigenvalue weighted by Gasteiger charge is 2.28. The Kier molecular flexibility index (Phi) is 7.46. The van der Waals surface area contributed by atoms with E-state index >= 15 is 0 Å². The molecule has 3 N–H and O–H groups in total. The molecule has 1 aliphatic heterocycles. The molecule has 2 fully saturated rings. The molecule has 1 heterocycles. The third kappa shape index (κ3) is 5.47. The molecule has 2 amide bonds. The summed E-state index contributed by atoms with van der Waals surface area (Å²) in [5.41, 5.74) is 5.81. The summed E-state index contributed by atoms with van der Waals surface area (Å²) in [4.78, 5) is 25.9. The molecule has 0 bridgehead atoms. The lowest BCUT2D eigenvalue weighted by atomic mass is 9.87. The maximum atomic E-state index is 12.2. The number of hydrogen-bond donors (Lipinski definition) is 2. The van der Waals surface area contributed by atoms with Crippen LogP contribution < -0.4 is 11.1 Å². The van der Waals surface area contributed by atoms with Gasteiger partial charge in [-0.05, 0) is 32.1 Å². The van der Waals surface area contributed by atoms with Gasteiger partial charge in [0.15, 0.2) is 0 Å². The number of likely N-dealkylation sites (tertiary alicyclic amines) is 1. The molecule has 0 radical (unpaired) electrons. The van der Waals surface area contributed by atoms with Crippen molar-refractivity contribution in [1.29, 1.82) is 0 Å². The second-order valence-electron chi connectivity index (χ2n) is 6.33. The average molecular weight is 318 g/mol. The average Bonchev–Trinajstić information content (AvgIpc) is 2.85. The van der Waals surface area contributed by atoms with E-state index in [0.717, 1.165) is 19.3 Å². The van der Waals surface area contributed by atoms with Crippen molar-refractivity contribution in [3.05, 3.63) is 0 Å². The van der Waals surface area contributed by atoms with Crippen LogP contribution in [0.2, 0.25) is 0 Å². The number of nitrogens with two attached hydrogens (primary N) is 1. The van der Waals surface area contributed by atoms with E-state index in [4.69, 9.17) is 5.73 Å². The van der Waals surface area contributed by atoms with Crippen LogP contribution in [-0.4, -0.2) is 41.9 Å². The molecule has 1 unspecified atom stereocenters. The summed E-state index contributed by atoms with van der Waals surface area (Å²) in [5, 5.41) is 2.85. The van der Waals surface area contributed by atoms with E-state index in [1.165, 1.54) is 19.3 Å². The summed E-state index contributed by atoms with van der Waals surface area (Å²) in [5.74, 6) is 0.516. The fourth-order valence-electron chi connectivity index (χ4n) is 3.28. The minimum absolute atomic E-state index is 0. The fourth-order valence-corrected chi connectivity index (χ4v) is 3.28.